The van der Waals surface area contributed by atoms with E-state index in [0.29, 0.717) is 11.8 Å². The minimum atomic E-state index is -3.69. The molecule has 7 heteroatoms. The van der Waals surface area contributed by atoms with Crippen molar-refractivity contribution < 1.29 is 13.2 Å². The zero-order chi connectivity index (χ0) is 15.3. The Kier molecular flexibility index (Phi) is 4.54. The third kappa shape index (κ3) is 4.03. The van der Waals surface area contributed by atoms with Gasteiger partial charge in [-0.1, -0.05) is 30.3 Å². The van der Waals surface area contributed by atoms with Crippen LogP contribution < -0.4 is 10.3 Å². The lowest BCUT2D eigenvalue weighted by atomic mass is 10.2. The maximum absolute atomic E-state index is 12.1. The number of rotatable bonds is 6. The van der Waals surface area contributed by atoms with Gasteiger partial charge in [0.25, 0.3) is 5.56 Å². The van der Waals surface area contributed by atoms with Crippen LogP contribution in [0.25, 0.3) is 0 Å². The number of sulfonamides is 1. The first-order valence-electron chi connectivity index (χ1n) is 6.19. The summed E-state index contributed by atoms with van der Waals surface area (Å²) < 4.78 is 27.5. The fraction of sp³-hybridized carbons (Fsp3) is 0.143. The Bertz CT molecular complexity index is 782. The summed E-state index contributed by atoms with van der Waals surface area (Å²) in [7, 11) is -3.69. The van der Waals surface area contributed by atoms with E-state index >= 15 is 0 Å². The summed E-state index contributed by atoms with van der Waals surface area (Å²) in [6.07, 6.45) is 2.00. The Labute approximate surface area is 122 Å². The minimum Gasteiger partial charge on any atom is -0.307 e. The van der Waals surface area contributed by atoms with Gasteiger partial charge in [-0.3, -0.25) is 9.52 Å². The molecule has 2 rings (SSSR count). The molecule has 110 valence electrons. The van der Waals surface area contributed by atoms with Crippen molar-refractivity contribution in [3.63, 3.8) is 0 Å². The van der Waals surface area contributed by atoms with Gasteiger partial charge in [-0.05, 0) is 17.7 Å². The van der Waals surface area contributed by atoms with Gasteiger partial charge in [0, 0.05) is 6.20 Å². The van der Waals surface area contributed by atoms with Gasteiger partial charge >= 0.3 is 0 Å². The lowest BCUT2D eigenvalue weighted by Gasteiger charge is -2.09. The Hall–Kier alpha value is -2.41. The number of aromatic nitrogens is 1. The summed E-state index contributed by atoms with van der Waals surface area (Å²) in [5.41, 5.74) is -0.00864. The van der Waals surface area contributed by atoms with Crippen LogP contribution in [0.4, 0.5) is 5.69 Å². The highest BCUT2D eigenvalue weighted by atomic mass is 32.2. The molecule has 0 bridgehead atoms. The number of carbonyl (C=O) groups is 1. The van der Waals surface area contributed by atoms with E-state index in [4.69, 9.17) is 0 Å². The van der Waals surface area contributed by atoms with Crippen molar-refractivity contribution in [1.29, 1.82) is 0 Å². The van der Waals surface area contributed by atoms with E-state index in [-0.39, 0.29) is 18.0 Å². The third-order valence-corrected chi connectivity index (χ3v) is 4.00. The minimum absolute atomic E-state index is 0.0738. The van der Waals surface area contributed by atoms with Crippen LogP contribution in [0.5, 0.6) is 0 Å². The lowest BCUT2D eigenvalue weighted by molar-refractivity contribution is -0.108. The Morgan fingerprint density at radius 2 is 1.81 bits per heavy atom. The molecule has 21 heavy (non-hydrogen) atoms. The normalized spacial score (nSPS) is 11.0. The van der Waals surface area contributed by atoms with E-state index in [1.165, 1.54) is 18.3 Å². The van der Waals surface area contributed by atoms with Gasteiger partial charge in [-0.25, -0.2) is 8.42 Å². The molecular weight excluding hydrogens is 292 g/mol. The molecule has 0 aliphatic carbocycles. The maximum Gasteiger partial charge on any atom is 0.275 e. The van der Waals surface area contributed by atoms with Crippen LogP contribution in [0, 0.1) is 0 Å². The molecule has 0 saturated heterocycles. The molecule has 0 spiro atoms. The van der Waals surface area contributed by atoms with Crippen LogP contribution in [0.2, 0.25) is 0 Å². The van der Waals surface area contributed by atoms with Gasteiger partial charge < -0.3 is 9.36 Å². The molecule has 0 saturated carbocycles. The van der Waals surface area contributed by atoms with Gasteiger partial charge in [0.1, 0.15) is 12.0 Å². The number of aldehydes is 1. The maximum atomic E-state index is 12.1. The first kappa shape index (κ1) is 15.0. The molecule has 1 heterocycles. The van der Waals surface area contributed by atoms with E-state index in [0.717, 1.165) is 4.57 Å². The highest BCUT2D eigenvalue weighted by Gasteiger charge is 2.14. The number of benzene rings is 1. The van der Waals surface area contributed by atoms with Crippen LogP contribution >= 0.6 is 0 Å². The second-order valence-corrected chi connectivity index (χ2v) is 6.12. The van der Waals surface area contributed by atoms with Crippen LogP contribution in [0.1, 0.15) is 5.56 Å². The molecule has 0 radical (unpaired) electrons. The Morgan fingerprint density at radius 1 is 1.10 bits per heavy atom. The van der Waals surface area contributed by atoms with Crippen molar-refractivity contribution in [1.82, 2.24) is 4.57 Å². The monoisotopic (exact) mass is 306 g/mol. The number of nitrogens with zero attached hydrogens (tertiary/aromatic N) is 1. The van der Waals surface area contributed by atoms with Crippen molar-refractivity contribution in [3.05, 3.63) is 64.6 Å². The summed E-state index contributed by atoms with van der Waals surface area (Å²) in [6, 6.07) is 11.5. The van der Waals surface area contributed by atoms with E-state index in [1.54, 1.807) is 30.3 Å². The van der Waals surface area contributed by atoms with E-state index in [9.17, 15) is 18.0 Å². The van der Waals surface area contributed by atoms with Crippen molar-refractivity contribution >= 4 is 22.0 Å². The lowest BCUT2D eigenvalue weighted by Crippen LogP contribution is -2.26. The van der Waals surface area contributed by atoms with Crippen LogP contribution in [0.3, 0.4) is 0 Å². The summed E-state index contributed by atoms with van der Waals surface area (Å²) in [4.78, 5) is 22.4. The van der Waals surface area contributed by atoms with Crippen molar-refractivity contribution in [2.45, 2.75) is 12.3 Å². The molecule has 2 aromatic rings. The first-order chi connectivity index (χ1) is 10.0. The molecule has 6 nitrogen and oxygen atoms in total. The van der Waals surface area contributed by atoms with Gasteiger partial charge in [0.05, 0.1) is 12.3 Å². The summed E-state index contributed by atoms with van der Waals surface area (Å²) in [5, 5.41) is 0. The van der Waals surface area contributed by atoms with Crippen molar-refractivity contribution in [3.8, 4) is 0 Å². The molecule has 1 N–H and O–H groups in total. The molecule has 0 atom stereocenters. The molecule has 1 aromatic heterocycles. The van der Waals surface area contributed by atoms with Gasteiger partial charge in [0.15, 0.2) is 0 Å². The van der Waals surface area contributed by atoms with E-state index < -0.39 is 15.6 Å². The number of hydrogen-bond donors (Lipinski definition) is 1. The highest BCUT2D eigenvalue weighted by Crippen LogP contribution is 2.09. The quantitative estimate of drug-likeness (QED) is 0.806. The molecular formula is C14H14N2O4S. The van der Waals surface area contributed by atoms with E-state index in [2.05, 4.69) is 4.72 Å². The van der Waals surface area contributed by atoms with E-state index in [1.807, 2.05) is 0 Å². The van der Waals surface area contributed by atoms with Crippen LogP contribution in [-0.4, -0.2) is 19.3 Å². The molecule has 0 aliphatic heterocycles. The number of carbonyl (C=O) groups excluding carboxylic acids is 1. The SMILES string of the molecule is O=CCn1cccc(NS(=O)(=O)Cc2ccccc2)c1=O. The Morgan fingerprint density at radius 3 is 2.48 bits per heavy atom. The molecule has 1 aromatic carbocycles. The molecule has 0 amide bonds. The van der Waals surface area contributed by atoms with Crippen LogP contribution in [-0.2, 0) is 27.1 Å². The third-order valence-electron chi connectivity index (χ3n) is 2.76. The molecule has 0 fully saturated rings. The fourth-order valence-electron chi connectivity index (χ4n) is 1.84. The van der Waals surface area contributed by atoms with Gasteiger partial charge in [0.2, 0.25) is 10.0 Å². The number of nitrogens with one attached hydrogen (secondary N) is 1. The van der Waals surface area contributed by atoms with Crippen molar-refractivity contribution in [2.75, 3.05) is 4.72 Å². The Balaban J connectivity index is 2.23. The standard InChI is InChI=1S/C14H14N2O4S/c17-10-9-16-8-4-7-13(14(16)18)15-21(19,20)11-12-5-2-1-3-6-12/h1-8,10,15H,9,11H2. The largest absolute Gasteiger partial charge is 0.307 e. The summed E-state index contributed by atoms with van der Waals surface area (Å²) in [5.74, 6) is -0.226. The average Bonchev–Trinajstić information content (AvgIpc) is 2.44. The zero-order valence-corrected chi connectivity index (χ0v) is 11.9. The molecule has 0 unspecified atom stereocenters. The van der Waals surface area contributed by atoms with Crippen LogP contribution in [0.15, 0.2) is 53.5 Å². The van der Waals surface area contributed by atoms with Crippen molar-refractivity contribution in [2.24, 2.45) is 0 Å². The smallest absolute Gasteiger partial charge is 0.275 e. The second-order valence-electron chi connectivity index (χ2n) is 4.39. The topological polar surface area (TPSA) is 85.2 Å². The first-order valence-corrected chi connectivity index (χ1v) is 7.84. The predicted molar refractivity (Wildman–Crippen MR) is 79.5 cm³/mol. The predicted octanol–water partition coefficient (Wildman–Crippen LogP) is 0.989. The second kappa shape index (κ2) is 6.36. The summed E-state index contributed by atoms with van der Waals surface area (Å²) >= 11 is 0. The molecule has 0 aliphatic rings. The average molecular weight is 306 g/mol. The summed E-state index contributed by atoms with van der Waals surface area (Å²) in [6.45, 7) is -0.118. The van der Waals surface area contributed by atoms with Gasteiger partial charge in [-0.2, -0.15) is 0 Å². The number of anilines is 1. The number of pyridine rings is 1. The fourth-order valence-corrected chi connectivity index (χ4v) is 3.03. The van der Waals surface area contributed by atoms with Gasteiger partial charge in [-0.15, -0.1) is 0 Å². The number of hydrogen-bond acceptors (Lipinski definition) is 4. The highest BCUT2D eigenvalue weighted by molar-refractivity contribution is 7.91. The zero-order valence-electron chi connectivity index (χ0n) is 11.1.